The Balaban J connectivity index is 0.000000568. The second-order valence-corrected chi connectivity index (χ2v) is 13.8. The first-order valence-corrected chi connectivity index (χ1v) is 16.3. The molecule has 2 aliphatic carbocycles. The molecule has 2 atom stereocenters. The molecule has 1 aromatic heterocycles. The minimum absolute atomic E-state index is 0.0844. The lowest BCUT2D eigenvalue weighted by Gasteiger charge is -2.37. The van der Waals surface area contributed by atoms with E-state index in [0.717, 1.165) is 57.4 Å². The summed E-state index contributed by atoms with van der Waals surface area (Å²) in [5, 5.41) is 35.1. The van der Waals surface area contributed by atoms with Crippen LogP contribution in [0.2, 0.25) is 0 Å². The van der Waals surface area contributed by atoms with Crippen molar-refractivity contribution < 1.29 is 15.0 Å². The molecule has 2 unspecified atom stereocenters. The van der Waals surface area contributed by atoms with Crippen LogP contribution in [0, 0.1) is 40.9 Å². The van der Waals surface area contributed by atoms with Crippen molar-refractivity contribution in [2.45, 2.75) is 90.8 Å². The first kappa shape index (κ1) is 36.5. The van der Waals surface area contributed by atoms with Crippen LogP contribution in [0.3, 0.4) is 0 Å². The van der Waals surface area contributed by atoms with Gasteiger partial charge in [-0.15, -0.1) is 0 Å². The Bertz CT molecular complexity index is 1380. The Hall–Kier alpha value is -3.99. The monoisotopic (exact) mass is 629 g/mol. The van der Waals surface area contributed by atoms with Crippen LogP contribution in [-0.4, -0.2) is 58.5 Å². The molecule has 1 aromatic carbocycles. The second-order valence-electron chi connectivity index (χ2n) is 13.8. The van der Waals surface area contributed by atoms with Gasteiger partial charge in [0.25, 0.3) is 0 Å². The summed E-state index contributed by atoms with van der Waals surface area (Å²) in [7, 11) is 2.10. The summed E-state index contributed by atoms with van der Waals surface area (Å²) >= 11 is 0. The number of hydrogen-bond donors (Lipinski definition) is 2. The number of allylic oxidation sites excluding steroid dienone is 1. The Kier molecular flexibility index (Phi) is 12.7. The van der Waals surface area contributed by atoms with E-state index in [2.05, 4.69) is 39.5 Å². The fraction of sp³-hybridized carbons (Fsp3) is 0.583. The van der Waals surface area contributed by atoms with Crippen molar-refractivity contribution >= 4 is 23.1 Å². The van der Waals surface area contributed by atoms with Gasteiger partial charge in [0.15, 0.2) is 5.82 Å². The fourth-order valence-electron chi connectivity index (χ4n) is 6.39. The molecule has 2 saturated carbocycles. The molecular formula is C36H51N7O3. The minimum Gasteiger partial charge on any atom is -0.386 e. The summed E-state index contributed by atoms with van der Waals surface area (Å²) in [6, 6.07) is 8.22. The summed E-state index contributed by atoms with van der Waals surface area (Å²) in [6.07, 6.45) is 14.3. The topological polar surface area (TPSA) is 141 Å². The molecule has 0 radical (unpaired) electrons. The predicted octanol–water partition coefficient (Wildman–Crippen LogP) is 5.90. The third kappa shape index (κ3) is 9.75. The number of amides is 1. The zero-order chi connectivity index (χ0) is 34.1. The zero-order valence-electron chi connectivity index (χ0n) is 28.4. The van der Waals surface area contributed by atoms with Crippen LogP contribution in [0.25, 0.3) is 0 Å². The highest BCUT2D eigenvalue weighted by molar-refractivity contribution is 5.94. The molecule has 5 rings (SSSR count). The van der Waals surface area contributed by atoms with Gasteiger partial charge >= 0.3 is 0 Å². The van der Waals surface area contributed by atoms with Crippen LogP contribution in [0.1, 0.15) is 90.8 Å². The van der Waals surface area contributed by atoms with Gasteiger partial charge in [0.05, 0.1) is 53.4 Å². The Morgan fingerprint density at radius 3 is 2.26 bits per heavy atom. The number of anilines is 3. The minimum atomic E-state index is -1.07. The molecule has 0 spiro atoms. The zero-order valence-corrected chi connectivity index (χ0v) is 28.4. The molecule has 2 aromatic rings. The highest BCUT2D eigenvalue weighted by atomic mass is 16.3. The number of hydrogen-bond acceptors (Lipinski definition) is 9. The maximum Gasteiger partial charge on any atom is 0.231 e. The number of aliphatic hydroxyl groups is 2. The first-order valence-electron chi connectivity index (χ1n) is 16.3. The number of benzene rings is 1. The molecule has 46 heavy (non-hydrogen) atoms. The van der Waals surface area contributed by atoms with Gasteiger partial charge in [0.1, 0.15) is 5.60 Å². The van der Waals surface area contributed by atoms with E-state index in [4.69, 9.17) is 10.4 Å². The van der Waals surface area contributed by atoms with E-state index in [-0.39, 0.29) is 11.8 Å². The second kappa shape index (κ2) is 16.0. The number of rotatable bonds is 8. The van der Waals surface area contributed by atoms with Gasteiger partial charge < -0.3 is 20.0 Å². The third-order valence-electron chi connectivity index (χ3n) is 8.89. The number of nitriles is 2. The van der Waals surface area contributed by atoms with Crippen molar-refractivity contribution in [3.8, 4) is 12.6 Å². The molecule has 1 aliphatic heterocycles. The first-order chi connectivity index (χ1) is 21.8. The SMILES string of the molecule is C#N.C/C=C/C(C)(C)O.CN1CN(CC2CCCC(CN(C(=O)C3CCC3)c3cnc(C(C)(C)O)cn3)C2)c2cc(C#N)ccc21. The molecular weight excluding hydrogens is 578 g/mol. The third-order valence-corrected chi connectivity index (χ3v) is 8.89. The summed E-state index contributed by atoms with van der Waals surface area (Å²) in [5.74, 6) is 1.78. The standard InChI is InChI=1S/C29H38N6O2.C6H12O.CHN/c1-29(2,37)26-15-32-27(16-31-26)35(28(36)23-8-5-9-23)18-22-7-4-6-21(12-22)17-34-19-33(3)24-11-10-20(14-30)13-25(24)34;1-4-5-6(2,3)7;1-2/h10-11,13,15-16,21-23,37H,4-9,12,17-19H2,1-3H3;4-5,7H,1-3H3;1H/b;5-4+;. The molecule has 0 bridgehead atoms. The van der Waals surface area contributed by atoms with Gasteiger partial charge in [-0.1, -0.05) is 25.0 Å². The number of carbonyl (C=O) groups excluding carboxylic acids is 1. The van der Waals surface area contributed by atoms with Crippen LogP contribution in [0.15, 0.2) is 42.7 Å². The van der Waals surface area contributed by atoms with Crippen molar-refractivity contribution in [2.24, 2.45) is 17.8 Å². The van der Waals surface area contributed by atoms with Gasteiger partial charge in [-0.2, -0.15) is 5.26 Å². The van der Waals surface area contributed by atoms with Gasteiger partial charge in [-0.25, -0.2) is 10.2 Å². The van der Waals surface area contributed by atoms with Crippen LogP contribution < -0.4 is 14.7 Å². The van der Waals surface area contributed by atoms with Crippen molar-refractivity contribution in [1.82, 2.24) is 9.97 Å². The maximum atomic E-state index is 13.4. The molecule has 3 aliphatic rings. The summed E-state index contributed by atoms with van der Waals surface area (Å²) in [5.41, 5.74) is 1.82. The van der Waals surface area contributed by atoms with E-state index >= 15 is 0 Å². The van der Waals surface area contributed by atoms with Crippen molar-refractivity contribution in [3.63, 3.8) is 0 Å². The maximum absolute atomic E-state index is 13.4. The molecule has 1 amide bonds. The molecule has 248 valence electrons. The van der Waals surface area contributed by atoms with E-state index in [1.165, 1.54) is 12.1 Å². The van der Waals surface area contributed by atoms with E-state index < -0.39 is 11.2 Å². The average molecular weight is 630 g/mol. The lowest BCUT2D eigenvalue weighted by molar-refractivity contribution is -0.125. The summed E-state index contributed by atoms with van der Waals surface area (Å²) in [6.45, 7) is 14.7. The van der Waals surface area contributed by atoms with Crippen LogP contribution in [0.5, 0.6) is 0 Å². The van der Waals surface area contributed by atoms with E-state index in [0.29, 0.717) is 35.5 Å². The Morgan fingerprint density at radius 1 is 1.07 bits per heavy atom. The van der Waals surface area contributed by atoms with Crippen molar-refractivity contribution in [1.29, 1.82) is 10.5 Å². The largest absolute Gasteiger partial charge is 0.386 e. The van der Waals surface area contributed by atoms with Gasteiger partial charge in [-0.05, 0) is 96.8 Å². The van der Waals surface area contributed by atoms with E-state index in [9.17, 15) is 15.2 Å². The lowest BCUT2D eigenvalue weighted by atomic mass is 9.80. The molecule has 2 N–H and O–H groups in total. The highest BCUT2D eigenvalue weighted by Gasteiger charge is 2.35. The van der Waals surface area contributed by atoms with Crippen LogP contribution in [0.4, 0.5) is 17.2 Å². The van der Waals surface area contributed by atoms with Gasteiger partial charge in [0.2, 0.25) is 5.91 Å². The number of aromatic nitrogens is 2. The van der Waals surface area contributed by atoms with Gasteiger partial charge in [-0.3, -0.25) is 14.7 Å². The number of carbonyl (C=O) groups is 1. The Labute approximate surface area is 275 Å². The van der Waals surface area contributed by atoms with Crippen molar-refractivity contribution in [3.05, 3.63) is 54.0 Å². The fourth-order valence-corrected chi connectivity index (χ4v) is 6.39. The van der Waals surface area contributed by atoms with E-state index in [1.54, 1.807) is 46.2 Å². The number of fused-ring (bicyclic) bond motifs is 1. The van der Waals surface area contributed by atoms with Crippen molar-refractivity contribution in [2.75, 3.05) is 41.5 Å². The predicted molar refractivity (Wildman–Crippen MR) is 182 cm³/mol. The molecule has 0 saturated heterocycles. The van der Waals surface area contributed by atoms with Gasteiger partial charge in [0, 0.05) is 32.6 Å². The summed E-state index contributed by atoms with van der Waals surface area (Å²) in [4.78, 5) is 29.0. The summed E-state index contributed by atoms with van der Waals surface area (Å²) < 4.78 is 0. The molecule has 10 nitrogen and oxygen atoms in total. The quantitative estimate of drug-likeness (QED) is 0.341. The van der Waals surface area contributed by atoms with E-state index in [1.807, 2.05) is 36.1 Å². The molecule has 10 heteroatoms. The highest BCUT2D eigenvalue weighted by Crippen LogP contribution is 2.39. The number of nitrogens with zero attached hydrogens (tertiary/aromatic N) is 7. The normalized spacial score (nSPS) is 19.6. The molecule has 2 heterocycles. The van der Waals surface area contributed by atoms with Crippen LogP contribution in [-0.2, 0) is 10.4 Å². The Morgan fingerprint density at radius 2 is 1.74 bits per heavy atom. The smallest absolute Gasteiger partial charge is 0.231 e. The molecule has 2 fully saturated rings. The lowest BCUT2D eigenvalue weighted by Crippen LogP contribution is -2.43. The average Bonchev–Trinajstić information content (AvgIpc) is 3.29. The van der Waals surface area contributed by atoms with Crippen LogP contribution >= 0.6 is 0 Å².